The van der Waals surface area contributed by atoms with Crippen molar-refractivity contribution in [2.24, 2.45) is 74.9 Å². The topological polar surface area (TPSA) is 82.1 Å². The largest absolute Gasteiger partial charge is 0.462 e. The zero-order valence-electron chi connectivity index (χ0n) is 35.5. The fourth-order valence-electron chi connectivity index (χ4n) is 16.5. The normalized spacial score (nSPS) is 53.5. The Kier molecular flexibility index (Phi) is 9.77. The Balaban J connectivity index is 0.000000147. The van der Waals surface area contributed by atoms with Gasteiger partial charge >= 0.3 is 5.97 Å². The molecule has 0 amide bonds. The number of fused-ring (bicyclic) bond motifs is 12. The highest BCUT2D eigenvalue weighted by Crippen LogP contribution is 2.70. The molecule has 10 aliphatic rings. The monoisotopic (exact) mass is 759 g/mol. The molecular formula is C49H74O6. The summed E-state index contributed by atoms with van der Waals surface area (Å²) in [5.41, 5.74) is 4.28. The van der Waals surface area contributed by atoms with Gasteiger partial charge in [-0.25, -0.2) is 0 Å². The van der Waals surface area contributed by atoms with Gasteiger partial charge in [-0.1, -0.05) is 65.7 Å². The molecule has 55 heavy (non-hydrogen) atoms. The van der Waals surface area contributed by atoms with E-state index in [1.807, 2.05) is 13.0 Å². The molecule has 0 aromatic heterocycles. The number of hydrogen-bond donors (Lipinski definition) is 1. The second-order valence-electron chi connectivity index (χ2n) is 22.1. The quantitative estimate of drug-likeness (QED) is 0.223. The molecule has 10 rings (SSSR count). The van der Waals surface area contributed by atoms with Gasteiger partial charge in [0.15, 0.2) is 11.6 Å². The summed E-state index contributed by atoms with van der Waals surface area (Å²) in [5, 5.41) is 10.3. The number of ether oxygens (including phenoxy) is 3. The number of allylic oxidation sites excluding steroid dienone is 3. The van der Waals surface area contributed by atoms with Crippen LogP contribution < -0.4 is 0 Å². The van der Waals surface area contributed by atoms with Crippen molar-refractivity contribution in [3.05, 3.63) is 23.3 Å². The molecule has 17 unspecified atom stereocenters. The first kappa shape index (κ1) is 39.0. The molecule has 0 aromatic rings. The predicted octanol–water partition coefficient (Wildman–Crippen LogP) is 10.6. The lowest BCUT2D eigenvalue weighted by Crippen LogP contribution is -2.51. The minimum absolute atomic E-state index is 0.0411. The van der Waals surface area contributed by atoms with Gasteiger partial charge in [-0.15, -0.1) is 0 Å². The van der Waals surface area contributed by atoms with Crippen LogP contribution in [0.5, 0.6) is 0 Å². The molecule has 0 bridgehead atoms. The van der Waals surface area contributed by atoms with Crippen LogP contribution in [-0.2, 0) is 23.8 Å². The maximum absolute atomic E-state index is 11.9. The lowest BCUT2D eigenvalue weighted by molar-refractivity contribution is -0.272. The van der Waals surface area contributed by atoms with E-state index in [1.165, 1.54) is 63.4 Å². The molecule has 8 fully saturated rings. The van der Waals surface area contributed by atoms with E-state index in [2.05, 4.69) is 47.6 Å². The molecule has 2 aliphatic heterocycles. The summed E-state index contributed by atoms with van der Waals surface area (Å²) >= 11 is 0. The van der Waals surface area contributed by atoms with Crippen molar-refractivity contribution in [1.29, 1.82) is 0 Å². The van der Waals surface area contributed by atoms with E-state index in [1.54, 1.807) is 5.57 Å². The van der Waals surface area contributed by atoms with Gasteiger partial charge in [0, 0.05) is 30.6 Å². The standard InChI is InChI=1S/C27H42O3.C22H32O3/c1-16-7-12-27(29-15-16)17(2)24-23(30-27)14-22-20-6-5-18-13-19(28)8-10-25(18,3)21(20)9-11-26(22,24)4;1-4-20(24)25-19-8-7-17-16-6-5-14-13-15(23)9-11-21(14,2)18(16)10-12-22(17,19)3/h9,16-20,22-24,28H,5-8,10-15H2,1-4H3;13,16-19H,4-12H2,1-3H3. The van der Waals surface area contributed by atoms with E-state index in [4.69, 9.17) is 14.2 Å². The van der Waals surface area contributed by atoms with Gasteiger partial charge in [-0.05, 0) is 166 Å². The summed E-state index contributed by atoms with van der Waals surface area (Å²) in [4.78, 5) is 23.8. The average Bonchev–Trinajstić information content (AvgIpc) is 3.75. The van der Waals surface area contributed by atoms with Crippen LogP contribution in [0.2, 0.25) is 0 Å². The fraction of sp³-hybridized carbons (Fsp3) is 0.878. The molecule has 0 radical (unpaired) electrons. The molecule has 17 atom stereocenters. The van der Waals surface area contributed by atoms with E-state index in [-0.39, 0.29) is 34.8 Å². The third kappa shape index (κ3) is 5.91. The molecule has 6 saturated carbocycles. The first-order valence-corrected chi connectivity index (χ1v) is 23.3. The van der Waals surface area contributed by atoms with E-state index < -0.39 is 0 Å². The summed E-state index contributed by atoms with van der Waals surface area (Å²) in [7, 11) is 0. The Morgan fingerprint density at radius 2 is 1.67 bits per heavy atom. The molecule has 6 heteroatoms. The van der Waals surface area contributed by atoms with E-state index in [0.717, 1.165) is 75.7 Å². The molecule has 1 N–H and O–H groups in total. The minimum atomic E-state index is -0.303. The zero-order chi connectivity index (χ0) is 38.7. The van der Waals surface area contributed by atoms with Gasteiger partial charge in [0.05, 0.1) is 18.8 Å². The van der Waals surface area contributed by atoms with E-state index in [9.17, 15) is 14.7 Å². The van der Waals surface area contributed by atoms with Crippen molar-refractivity contribution in [3.8, 4) is 0 Å². The van der Waals surface area contributed by atoms with Crippen molar-refractivity contribution in [2.75, 3.05) is 6.61 Å². The summed E-state index contributed by atoms with van der Waals surface area (Å²) < 4.78 is 19.2. The third-order valence-electron chi connectivity index (χ3n) is 19.7. The molecule has 0 aromatic carbocycles. The van der Waals surface area contributed by atoms with Gasteiger partial charge in [-0.3, -0.25) is 9.59 Å². The number of carbonyl (C=O) groups is 2. The van der Waals surface area contributed by atoms with Crippen LogP contribution in [0.3, 0.4) is 0 Å². The Labute approximate surface area is 332 Å². The number of aliphatic hydroxyl groups is 1. The van der Waals surface area contributed by atoms with E-state index in [0.29, 0.717) is 64.6 Å². The Hall–Kier alpha value is -1.50. The van der Waals surface area contributed by atoms with Crippen molar-refractivity contribution >= 4 is 11.8 Å². The lowest BCUT2D eigenvalue weighted by atomic mass is 9.47. The third-order valence-corrected chi connectivity index (χ3v) is 19.7. The van der Waals surface area contributed by atoms with Crippen molar-refractivity contribution in [3.63, 3.8) is 0 Å². The van der Waals surface area contributed by atoms with Gasteiger partial charge in [0.1, 0.15) is 6.10 Å². The average molecular weight is 759 g/mol. The van der Waals surface area contributed by atoms with Crippen LogP contribution in [0.15, 0.2) is 23.3 Å². The second-order valence-corrected chi connectivity index (χ2v) is 22.1. The maximum atomic E-state index is 11.9. The molecule has 8 aliphatic carbocycles. The summed E-state index contributed by atoms with van der Waals surface area (Å²) in [5.74, 6) is 6.09. The van der Waals surface area contributed by atoms with Gasteiger partial charge in [0.2, 0.25) is 0 Å². The van der Waals surface area contributed by atoms with Gasteiger partial charge < -0.3 is 19.3 Å². The number of carbonyl (C=O) groups excluding carboxylic acids is 2. The summed E-state index contributed by atoms with van der Waals surface area (Å²) in [6.45, 7) is 17.4. The Morgan fingerprint density at radius 3 is 2.44 bits per heavy atom. The highest BCUT2D eigenvalue weighted by atomic mass is 16.7. The highest BCUT2D eigenvalue weighted by molar-refractivity contribution is 5.91. The Morgan fingerprint density at radius 1 is 0.855 bits per heavy atom. The number of rotatable bonds is 2. The minimum Gasteiger partial charge on any atom is -0.462 e. The molecule has 306 valence electrons. The summed E-state index contributed by atoms with van der Waals surface area (Å²) in [6, 6.07) is 0. The smallest absolute Gasteiger partial charge is 0.305 e. The van der Waals surface area contributed by atoms with Crippen LogP contribution in [0.1, 0.15) is 164 Å². The van der Waals surface area contributed by atoms with Crippen LogP contribution >= 0.6 is 0 Å². The van der Waals surface area contributed by atoms with Crippen molar-refractivity contribution < 1.29 is 28.9 Å². The second kappa shape index (κ2) is 13.8. The highest BCUT2D eigenvalue weighted by Gasteiger charge is 2.68. The molecular weight excluding hydrogens is 685 g/mol. The first-order chi connectivity index (χ1) is 26.1. The van der Waals surface area contributed by atoms with Crippen LogP contribution in [0, 0.1) is 74.9 Å². The lowest BCUT2D eigenvalue weighted by Gasteiger charge is -2.57. The van der Waals surface area contributed by atoms with Crippen LogP contribution in [0.4, 0.5) is 0 Å². The van der Waals surface area contributed by atoms with Crippen LogP contribution in [0.25, 0.3) is 0 Å². The van der Waals surface area contributed by atoms with Crippen molar-refractivity contribution in [1.82, 2.24) is 0 Å². The number of aliphatic hydroxyl groups excluding tert-OH is 1. The first-order valence-electron chi connectivity index (χ1n) is 23.3. The molecule has 2 saturated heterocycles. The number of esters is 1. The van der Waals surface area contributed by atoms with Crippen LogP contribution in [-0.4, -0.2) is 47.6 Å². The van der Waals surface area contributed by atoms with E-state index >= 15 is 0 Å². The zero-order valence-corrected chi connectivity index (χ0v) is 35.5. The molecule has 2 heterocycles. The fourth-order valence-corrected chi connectivity index (χ4v) is 16.5. The van der Waals surface area contributed by atoms with Crippen molar-refractivity contribution in [2.45, 2.75) is 188 Å². The summed E-state index contributed by atoms with van der Waals surface area (Å²) in [6.07, 6.45) is 24.9. The maximum Gasteiger partial charge on any atom is 0.305 e. The predicted molar refractivity (Wildman–Crippen MR) is 215 cm³/mol. The van der Waals surface area contributed by atoms with Gasteiger partial charge in [-0.2, -0.15) is 0 Å². The number of ketones is 1. The Bertz CT molecular complexity index is 1590. The molecule has 1 spiro atoms. The molecule has 6 nitrogen and oxygen atoms in total. The SMILES string of the molecule is CC1CCC2(OC1)OC1CC3C4CCC5CC(O)CCC5(C)C4=CCC3(C)C1C2C.CCC(=O)OC1CCC2C3CCC4=CC(=O)CCC4(C)C3CCC12C. The number of hydrogen-bond acceptors (Lipinski definition) is 6. The van der Waals surface area contributed by atoms with Gasteiger partial charge in [0.25, 0.3) is 0 Å².